The molecule has 1 aliphatic rings. The van der Waals surface area contributed by atoms with Gasteiger partial charge in [0.2, 0.25) is 0 Å². The van der Waals surface area contributed by atoms with Crippen LogP contribution in [-0.2, 0) is 11.3 Å². The lowest BCUT2D eigenvalue weighted by atomic mass is 10.0. The van der Waals surface area contributed by atoms with Crippen LogP contribution in [0.3, 0.4) is 0 Å². The minimum Gasteiger partial charge on any atom is -0.497 e. The van der Waals surface area contributed by atoms with Crippen molar-refractivity contribution in [3.63, 3.8) is 0 Å². The Hall–Kier alpha value is -1.35. The van der Waals surface area contributed by atoms with E-state index in [1.165, 1.54) is 5.56 Å². The molecule has 3 heteroatoms. The Bertz CT molecular complexity index is 386. The monoisotopic (exact) mass is 233 g/mol. The maximum atomic E-state index is 11.3. The third-order valence-corrected chi connectivity index (χ3v) is 3.37. The number of carbonyl (C=O) groups is 1. The molecule has 1 heterocycles. The number of likely N-dealkylation sites (tertiary alicyclic amines) is 1. The first-order valence-corrected chi connectivity index (χ1v) is 6.07. The number of carbonyl (C=O) groups excluding carboxylic acids is 1. The van der Waals surface area contributed by atoms with Gasteiger partial charge < -0.3 is 4.74 Å². The highest BCUT2D eigenvalue weighted by Gasteiger charge is 2.23. The second kappa shape index (κ2) is 5.32. The molecule has 0 saturated carbocycles. The van der Waals surface area contributed by atoms with E-state index in [4.69, 9.17) is 4.74 Å². The van der Waals surface area contributed by atoms with Gasteiger partial charge in [-0.05, 0) is 24.6 Å². The molecule has 2 rings (SSSR count). The average molecular weight is 233 g/mol. The number of hydrogen-bond donors (Lipinski definition) is 0. The van der Waals surface area contributed by atoms with Crippen molar-refractivity contribution in [2.75, 3.05) is 13.7 Å². The molecule has 17 heavy (non-hydrogen) atoms. The van der Waals surface area contributed by atoms with Gasteiger partial charge in [-0.15, -0.1) is 0 Å². The highest BCUT2D eigenvalue weighted by molar-refractivity contribution is 5.79. The van der Waals surface area contributed by atoms with E-state index >= 15 is 0 Å². The summed E-state index contributed by atoms with van der Waals surface area (Å²) < 4.78 is 5.14. The Kier molecular flexibility index (Phi) is 3.79. The second-order valence-corrected chi connectivity index (χ2v) is 4.66. The fourth-order valence-electron chi connectivity index (χ4n) is 2.25. The summed E-state index contributed by atoms with van der Waals surface area (Å²) in [7, 11) is 1.67. The summed E-state index contributed by atoms with van der Waals surface area (Å²) in [4.78, 5) is 13.7. The molecule has 0 bridgehead atoms. The van der Waals surface area contributed by atoms with Crippen molar-refractivity contribution < 1.29 is 9.53 Å². The predicted molar refractivity (Wildman–Crippen MR) is 67.1 cm³/mol. The Morgan fingerprint density at radius 3 is 2.65 bits per heavy atom. The topological polar surface area (TPSA) is 29.5 Å². The fraction of sp³-hybridized carbons (Fsp3) is 0.500. The summed E-state index contributed by atoms with van der Waals surface area (Å²) >= 11 is 0. The van der Waals surface area contributed by atoms with Crippen LogP contribution < -0.4 is 4.74 Å². The van der Waals surface area contributed by atoms with Gasteiger partial charge in [0, 0.05) is 32.0 Å². The van der Waals surface area contributed by atoms with Crippen molar-refractivity contribution in [1.82, 2.24) is 4.90 Å². The molecule has 0 aromatic heterocycles. The van der Waals surface area contributed by atoms with Crippen LogP contribution >= 0.6 is 0 Å². The van der Waals surface area contributed by atoms with Crippen LogP contribution in [0.25, 0.3) is 0 Å². The van der Waals surface area contributed by atoms with Gasteiger partial charge in [0.25, 0.3) is 0 Å². The zero-order chi connectivity index (χ0) is 12.3. The lowest BCUT2D eigenvalue weighted by Gasteiger charge is -2.32. The highest BCUT2D eigenvalue weighted by Crippen LogP contribution is 2.18. The molecule has 1 aromatic rings. The van der Waals surface area contributed by atoms with Crippen molar-refractivity contribution in [1.29, 1.82) is 0 Å². The normalized spacial score (nSPS) is 21.5. The summed E-state index contributed by atoms with van der Waals surface area (Å²) in [5, 5.41) is 0. The van der Waals surface area contributed by atoms with Crippen molar-refractivity contribution in [3.8, 4) is 5.75 Å². The molecule has 0 amide bonds. The number of ketones is 1. The molecule has 1 fully saturated rings. The second-order valence-electron chi connectivity index (χ2n) is 4.66. The van der Waals surface area contributed by atoms with Crippen LogP contribution in [0.1, 0.15) is 25.3 Å². The van der Waals surface area contributed by atoms with E-state index in [9.17, 15) is 4.79 Å². The fourth-order valence-corrected chi connectivity index (χ4v) is 2.25. The molecule has 1 atom stereocenters. The van der Waals surface area contributed by atoms with Gasteiger partial charge in [0.15, 0.2) is 0 Å². The summed E-state index contributed by atoms with van der Waals surface area (Å²) in [6, 6.07) is 8.49. The van der Waals surface area contributed by atoms with E-state index in [0.29, 0.717) is 24.7 Å². The van der Waals surface area contributed by atoms with Gasteiger partial charge in [-0.3, -0.25) is 9.69 Å². The zero-order valence-electron chi connectivity index (χ0n) is 10.5. The summed E-state index contributed by atoms with van der Waals surface area (Å²) in [5.41, 5.74) is 1.27. The van der Waals surface area contributed by atoms with E-state index in [2.05, 4.69) is 24.0 Å². The molecule has 1 aromatic carbocycles. The largest absolute Gasteiger partial charge is 0.497 e. The number of methoxy groups -OCH3 is 1. The molecule has 0 aliphatic carbocycles. The van der Waals surface area contributed by atoms with Gasteiger partial charge in [0.1, 0.15) is 11.5 Å². The predicted octanol–water partition coefficient (Wildman–Crippen LogP) is 2.25. The first kappa shape index (κ1) is 12.1. The smallest absolute Gasteiger partial charge is 0.135 e. The number of hydrogen-bond acceptors (Lipinski definition) is 3. The molecule has 3 nitrogen and oxygen atoms in total. The van der Waals surface area contributed by atoms with Crippen LogP contribution in [0.4, 0.5) is 0 Å². The lowest BCUT2D eigenvalue weighted by molar-refractivity contribution is -0.123. The summed E-state index contributed by atoms with van der Waals surface area (Å²) in [5.74, 6) is 1.28. The first-order chi connectivity index (χ1) is 8.19. The molecule has 92 valence electrons. The standard InChI is InChI=1S/C14H19NO2/c1-11-9-13(16)7-8-15(11)10-12-3-5-14(17-2)6-4-12/h3-6,11H,7-10H2,1-2H3/t11-/m0/s1. The van der Waals surface area contributed by atoms with Crippen LogP contribution in [-0.4, -0.2) is 30.4 Å². The number of ether oxygens (including phenoxy) is 1. The van der Waals surface area contributed by atoms with Crippen molar-refractivity contribution in [2.45, 2.75) is 32.4 Å². The van der Waals surface area contributed by atoms with E-state index in [1.54, 1.807) is 7.11 Å². The minimum absolute atomic E-state index is 0.360. The molecule has 1 aliphatic heterocycles. The van der Waals surface area contributed by atoms with Gasteiger partial charge in [-0.1, -0.05) is 12.1 Å². The Labute approximate surface area is 102 Å². The van der Waals surface area contributed by atoms with E-state index < -0.39 is 0 Å². The molecule has 1 saturated heterocycles. The number of Topliss-reactive ketones (excluding diaryl/α,β-unsaturated/α-hetero) is 1. The lowest BCUT2D eigenvalue weighted by Crippen LogP contribution is -2.40. The first-order valence-electron chi connectivity index (χ1n) is 6.07. The van der Waals surface area contributed by atoms with Gasteiger partial charge in [0.05, 0.1) is 7.11 Å². The van der Waals surface area contributed by atoms with E-state index in [1.807, 2.05) is 12.1 Å². The number of benzene rings is 1. The molecule has 0 radical (unpaired) electrons. The zero-order valence-corrected chi connectivity index (χ0v) is 10.5. The minimum atomic E-state index is 0.360. The molecular formula is C14H19NO2. The Morgan fingerprint density at radius 1 is 1.35 bits per heavy atom. The number of nitrogens with zero attached hydrogens (tertiary/aromatic N) is 1. The molecule has 0 spiro atoms. The maximum absolute atomic E-state index is 11.3. The van der Waals surface area contributed by atoms with Crippen molar-refractivity contribution in [2.24, 2.45) is 0 Å². The highest BCUT2D eigenvalue weighted by atomic mass is 16.5. The van der Waals surface area contributed by atoms with E-state index in [-0.39, 0.29) is 0 Å². The van der Waals surface area contributed by atoms with E-state index in [0.717, 1.165) is 18.8 Å². The average Bonchev–Trinajstić information content (AvgIpc) is 2.34. The van der Waals surface area contributed by atoms with Crippen molar-refractivity contribution in [3.05, 3.63) is 29.8 Å². The summed E-state index contributed by atoms with van der Waals surface area (Å²) in [6.45, 7) is 3.92. The third-order valence-electron chi connectivity index (χ3n) is 3.37. The van der Waals surface area contributed by atoms with Crippen LogP contribution in [0.2, 0.25) is 0 Å². The van der Waals surface area contributed by atoms with Crippen LogP contribution in [0, 0.1) is 0 Å². The quantitative estimate of drug-likeness (QED) is 0.802. The molecule has 0 N–H and O–H groups in total. The van der Waals surface area contributed by atoms with Gasteiger partial charge >= 0.3 is 0 Å². The summed E-state index contributed by atoms with van der Waals surface area (Å²) in [6.07, 6.45) is 1.39. The van der Waals surface area contributed by atoms with Crippen molar-refractivity contribution >= 4 is 5.78 Å². The van der Waals surface area contributed by atoms with Gasteiger partial charge in [-0.25, -0.2) is 0 Å². The number of rotatable bonds is 3. The SMILES string of the molecule is COc1ccc(CN2CCC(=O)C[C@@H]2C)cc1. The molecular weight excluding hydrogens is 214 g/mol. The number of piperidine rings is 1. The maximum Gasteiger partial charge on any atom is 0.135 e. The molecule has 0 unspecified atom stereocenters. The van der Waals surface area contributed by atoms with Crippen LogP contribution in [0.5, 0.6) is 5.75 Å². The Morgan fingerprint density at radius 2 is 2.06 bits per heavy atom. The van der Waals surface area contributed by atoms with Crippen LogP contribution in [0.15, 0.2) is 24.3 Å². The van der Waals surface area contributed by atoms with Gasteiger partial charge in [-0.2, -0.15) is 0 Å². The Balaban J connectivity index is 1.97. The third kappa shape index (κ3) is 3.07.